The minimum absolute atomic E-state index is 0.186. The summed E-state index contributed by atoms with van der Waals surface area (Å²) >= 11 is 6.29. The van der Waals surface area contributed by atoms with Gasteiger partial charge in [0.1, 0.15) is 16.8 Å². The van der Waals surface area contributed by atoms with E-state index in [1.165, 1.54) is 24.3 Å². The van der Waals surface area contributed by atoms with Crippen LogP contribution in [0.15, 0.2) is 67.4 Å². The van der Waals surface area contributed by atoms with E-state index in [2.05, 4.69) is 32.5 Å². The molecule has 1 aliphatic rings. The molecule has 12 heteroatoms. The van der Waals surface area contributed by atoms with Gasteiger partial charge in [-0.15, -0.1) is 0 Å². The van der Waals surface area contributed by atoms with Gasteiger partial charge in [0.25, 0.3) is 5.91 Å². The number of carbonyl (C=O) groups excluding carboxylic acids is 3. The Morgan fingerprint density at radius 2 is 1.90 bits per heavy atom. The first-order chi connectivity index (χ1) is 18.9. The number of likely N-dealkylation sites (tertiary alicyclic amines) is 1. The fourth-order valence-electron chi connectivity index (χ4n) is 3.96. The molecule has 2 heterocycles. The van der Waals surface area contributed by atoms with E-state index in [0.29, 0.717) is 52.6 Å². The zero-order valence-corrected chi connectivity index (χ0v) is 21.9. The summed E-state index contributed by atoms with van der Waals surface area (Å²) in [5.41, 5.74) is 1.92. The molecule has 4 rings (SSSR count). The van der Waals surface area contributed by atoms with E-state index in [-0.39, 0.29) is 18.4 Å². The van der Waals surface area contributed by atoms with E-state index < -0.39 is 12.0 Å². The second-order valence-corrected chi connectivity index (χ2v) is 8.90. The number of hydrogen-bond acceptors (Lipinski definition) is 9. The van der Waals surface area contributed by atoms with Gasteiger partial charge in [-0.05, 0) is 61.4 Å². The summed E-state index contributed by atoms with van der Waals surface area (Å²) in [7, 11) is 1.31. The number of esters is 1. The Bertz CT molecular complexity index is 1370. The predicted molar refractivity (Wildman–Crippen MR) is 148 cm³/mol. The van der Waals surface area contributed by atoms with Crippen LogP contribution in [0, 0.1) is 0 Å². The van der Waals surface area contributed by atoms with Crippen LogP contribution in [0.3, 0.4) is 0 Å². The van der Waals surface area contributed by atoms with Gasteiger partial charge in [-0.3, -0.25) is 9.59 Å². The fourth-order valence-corrected chi connectivity index (χ4v) is 4.10. The van der Waals surface area contributed by atoms with Crippen molar-refractivity contribution in [3.63, 3.8) is 0 Å². The van der Waals surface area contributed by atoms with Gasteiger partial charge >= 0.3 is 5.97 Å². The van der Waals surface area contributed by atoms with Gasteiger partial charge in [0, 0.05) is 23.6 Å². The summed E-state index contributed by atoms with van der Waals surface area (Å²) in [6.07, 6.45) is 3.98. The normalized spacial score (nSPS) is 14.3. The minimum Gasteiger partial charge on any atom is -0.484 e. The Hall–Kier alpha value is -4.64. The lowest BCUT2D eigenvalue weighted by Crippen LogP contribution is -2.43. The van der Waals surface area contributed by atoms with Crippen molar-refractivity contribution >= 4 is 58.2 Å². The third-order valence-electron chi connectivity index (χ3n) is 5.84. The highest BCUT2D eigenvalue weighted by Gasteiger charge is 2.34. The van der Waals surface area contributed by atoms with Crippen molar-refractivity contribution in [3.05, 3.63) is 72.4 Å². The molecule has 0 bridgehead atoms. The Morgan fingerprint density at radius 1 is 1.13 bits per heavy atom. The van der Waals surface area contributed by atoms with Gasteiger partial charge in [-0.25, -0.2) is 9.78 Å². The maximum absolute atomic E-state index is 12.6. The van der Waals surface area contributed by atoms with Crippen molar-refractivity contribution in [1.82, 2.24) is 14.9 Å². The molecule has 0 radical (unpaired) electrons. The van der Waals surface area contributed by atoms with Gasteiger partial charge < -0.3 is 30.3 Å². The molecule has 3 aromatic rings. The maximum atomic E-state index is 12.6. The number of halogens is 1. The molecule has 2 aromatic carbocycles. The number of methoxy groups -OCH3 is 1. The van der Waals surface area contributed by atoms with Crippen molar-refractivity contribution in [2.45, 2.75) is 18.9 Å². The Balaban J connectivity index is 1.35. The van der Waals surface area contributed by atoms with E-state index >= 15 is 0 Å². The third-order valence-corrected chi connectivity index (χ3v) is 6.12. The van der Waals surface area contributed by atoms with E-state index in [9.17, 15) is 14.4 Å². The molecule has 1 aromatic heterocycles. The third kappa shape index (κ3) is 7.23. The number of benzene rings is 2. The molecule has 3 N–H and O–H groups in total. The molecule has 1 fully saturated rings. The number of carbonyl (C=O) groups is 3. The van der Waals surface area contributed by atoms with Gasteiger partial charge in [0.2, 0.25) is 11.9 Å². The van der Waals surface area contributed by atoms with Crippen LogP contribution < -0.4 is 20.7 Å². The highest BCUT2D eigenvalue weighted by atomic mass is 35.5. The van der Waals surface area contributed by atoms with Gasteiger partial charge in [-0.1, -0.05) is 24.2 Å². The summed E-state index contributed by atoms with van der Waals surface area (Å²) in [6, 6.07) is 13.4. The summed E-state index contributed by atoms with van der Waals surface area (Å²) in [5.74, 6) is 0.153. The second kappa shape index (κ2) is 12.7. The molecule has 1 unspecified atom stereocenters. The van der Waals surface area contributed by atoms with Crippen molar-refractivity contribution in [3.8, 4) is 5.75 Å². The number of rotatable bonds is 10. The van der Waals surface area contributed by atoms with Gasteiger partial charge in [0.15, 0.2) is 12.4 Å². The number of nitrogens with one attached hydrogen (secondary N) is 3. The first-order valence-corrected chi connectivity index (χ1v) is 12.4. The molecule has 0 saturated carbocycles. The molecule has 202 valence electrons. The van der Waals surface area contributed by atoms with Crippen LogP contribution in [-0.2, 0) is 19.1 Å². The van der Waals surface area contributed by atoms with E-state index in [1.807, 2.05) is 0 Å². The lowest BCUT2D eigenvalue weighted by atomic mass is 10.2. The molecule has 1 aliphatic heterocycles. The number of aromatic nitrogens is 2. The van der Waals surface area contributed by atoms with Crippen LogP contribution in [0.1, 0.15) is 12.8 Å². The molecule has 39 heavy (non-hydrogen) atoms. The summed E-state index contributed by atoms with van der Waals surface area (Å²) in [5, 5.41) is 9.21. The SMILES string of the molecule is C=CC(=O)Nc1cccc(Nc2nc(Nc3ccc(OCC(=O)N4CCCC4C(=O)OC)cc3)ncc2Cl)c1. The standard InChI is InChI=1S/C27H27ClN6O5/c1-3-23(35)30-18-6-4-7-19(14-18)31-25-21(28)15-29-27(33-25)32-17-9-11-20(12-10-17)39-16-24(36)34-13-5-8-22(34)26(37)38-2/h3-4,6-7,9-12,14-15,22H,1,5,8,13,16H2,2H3,(H,30,35)(H2,29,31,32,33). The molecule has 11 nitrogen and oxygen atoms in total. The van der Waals surface area contributed by atoms with Crippen molar-refractivity contribution in [2.24, 2.45) is 0 Å². The summed E-state index contributed by atoms with van der Waals surface area (Å²) in [4.78, 5) is 46.2. The zero-order chi connectivity index (χ0) is 27.8. The van der Waals surface area contributed by atoms with E-state index in [1.54, 1.807) is 48.5 Å². The fraction of sp³-hybridized carbons (Fsp3) is 0.222. The maximum Gasteiger partial charge on any atom is 0.328 e. The van der Waals surface area contributed by atoms with Crippen molar-refractivity contribution < 1.29 is 23.9 Å². The van der Waals surface area contributed by atoms with Crippen molar-refractivity contribution in [1.29, 1.82) is 0 Å². The minimum atomic E-state index is -0.557. The number of amides is 2. The summed E-state index contributed by atoms with van der Waals surface area (Å²) < 4.78 is 10.4. The molecule has 2 amide bonds. The monoisotopic (exact) mass is 550 g/mol. The lowest BCUT2D eigenvalue weighted by molar-refractivity contribution is -0.151. The lowest BCUT2D eigenvalue weighted by Gasteiger charge is -2.22. The topological polar surface area (TPSA) is 135 Å². The van der Waals surface area contributed by atoms with E-state index in [0.717, 1.165) is 6.42 Å². The average molecular weight is 551 g/mol. The molecular formula is C27H27ClN6O5. The number of ether oxygens (including phenoxy) is 2. The highest BCUT2D eigenvalue weighted by Crippen LogP contribution is 2.27. The van der Waals surface area contributed by atoms with Crippen LogP contribution in [0.2, 0.25) is 5.02 Å². The molecule has 1 saturated heterocycles. The second-order valence-electron chi connectivity index (χ2n) is 8.50. The summed E-state index contributed by atoms with van der Waals surface area (Å²) in [6.45, 7) is 3.76. The number of nitrogens with zero attached hydrogens (tertiary/aromatic N) is 3. The molecule has 0 spiro atoms. The highest BCUT2D eigenvalue weighted by molar-refractivity contribution is 6.32. The van der Waals surface area contributed by atoms with Gasteiger partial charge in [-0.2, -0.15) is 4.98 Å². The Morgan fingerprint density at radius 3 is 2.64 bits per heavy atom. The van der Waals surface area contributed by atoms with Crippen LogP contribution in [0.25, 0.3) is 0 Å². The average Bonchev–Trinajstić information content (AvgIpc) is 3.44. The quantitative estimate of drug-likeness (QED) is 0.249. The van der Waals surface area contributed by atoms with Crippen LogP contribution in [-0.4, -0.2) is 59.0 Å². The first kappa shape index (κ1) is 27.4. The van der Waals surface area contributed by atoms with Gasteiger partial charge in [0.05, 0.1) is 13.3 Å². The molecule has 1 atom stereocenters. The Labute approximate surface area is 230 Å². The first-order valence-electron chi connectivity index (χ1n) is 12.1. The smallest absolute Gasteiger partial charge is 0.328 e. The number of hydrogen-bond donors (Lipinski definition) is 3. The van der Waals surface area contributed by atoms with Crippen LogP contribution in [0.5, 0.6) is 5.75 Å². The number of anilines is 5. The van der Waals surface area contributed by atoms with E-state index in [4.69, 9.17) is 21.1 Å². The van der Waals surface area contributed by atoms with Crippen molar-refractivity contribution in [2.75, 3.05) is 36.2 Å². The van der Waals surface area contributed by atoms with Crippen LogP contribution >= 0.6 is 11.6 Å². The molecule has 0 aliphatic carbocycles. The molecular weight excluding hydrogens is 524 g/mol. The predicted octanol–water partition coefficient (Wildman–Crippen LogP) is 4.28. The largest absolute Gasteiger partial charge is 0.484 e. The van der Waals surface area contributed by atoms with Crippen LogP contribution in [0.4, 0.5) is 28.8 Å². The Kier molecular flexibility index (Phi) is 8.95. The zero-order valence-electron chi connectivity index (χ0n) is 21.1.